The molecule has 242 valence electrons. The number of hydrogen-bond donors (Lipinski definition) is 1. The minimum absolute atomic E-state index is 0.0395. The number of carbonyl (C=O) groups is 3. The highest BCUT2D eigenvalue weighted by atomic mass is 79.9. The molecule has 4 amide bonds. The number of para-hydroxylation sites is 1. The number of amides is 4. The van der Waals surface area contributed by atoms with Crippen molar-refractivity contribution in [1.29, 1.82) is 0 Å². The van der Waals surface area contributed by atoms with Crippen molar-refractivity contribution in [1.82, 2.24) is 19.6 Å². The Labute approximate surface area is 284 Å². The summed E-state index contributed by atoms with van der Waals surface area (Å²) in [5.74, 6) is 1.22. The maximum atomic E-state index is 14.1. The van der Waals surface area contributed by atoms with E-state index in [1.807, 2.05) is 45.0 Å². The number of nitrogens with one attached hydrogen (secondary N) is 1. The molecule has 10 heteroatoms. The van der Waals surface area contributed by atoms with Gasteiger partial charge in [0, 0.05) is 59.8 Å². The average molecular weight is 744 g/mol. The van der Waals surface area contributed by atoms with Gasteiger partial charge in [-0.1, -0.05) is 24.3 Å². The SMILES string of the molecule is CN1CCC(C2CCN(C(=O)C(CC(=O)N3CCC(N4Cc5ccccc5NC4=O)CC3)Cc3ccc(Br)c(Br)c3)CC2)CC1. The summed E-state index contributed by atoms with van der Waals surface area (Å²) in [4.78, 5) is 49.0. The number of urea groups is 1. The number of halogens is 2. The third-order valence-corrected chi connectivity index (χ3v) is 12.5. The van der Waals surface area contributed by atoms with Crippen molar-refractivity contribution in [3.8, 4) is 0 Å². The van der Waals surface area contributed by atoms with Crippen LogP contribution in [0, 0.1) is 17.8 Å². The summed E-state index contributed by atoms with van der Waals surface area (Å²) in [5.41, 5.74) is 3.05. The molecule has 3 fully saturated rings. The molecule has 0 aliphatic carbocycles. The summed E-state index contributed by atoms with van der Waals surface area (Å²) in [6.45, 7) is 5.71. The summed E-state index contributed by atoms with van der Waals surface area (Å²) < 4.78 is 1.91. The molecule has 1 N–H and O–H groups in total. The van der Waals surface area contributed by atoms with Gasteiger partial charge in [-0.15, -0.1) is 0 Å². The molecule has 0 radical (unpaired) electrons. The Bertz CT molecular complexity index is 1380. The Balaban J connectivity index is 1.07. The van der Waals surface area contributed by atoms with E-state index in [9.17, 15) is 14.4 Å². The summed E-state index contributed by atoms with van der Waals surface area (Å²) >= 11 is 7.16. The van der Waals surface area contributed by atoms with Gasteiger partial charge in [-0.25, -0.2) is 4.79 Å². The van der Waals surface area contributed by atoms with Crippen molar-refractivity contribution >= 4 is 55.4 Å². The summed E-state index contributed by atoms with van der Waals surface area (Å²) in [6, 6.07) is 14.0. The molecule has 6 rings (SSSR count). The van der Waals surface area contributed by atoms with Gasteiger partial charge in [-0.3, -0.25) is 9.59 Å². The van der Waals surface area contributed by atoms with E-state index in [1.54, 1.807) is 0 Å². The van der Waals surface area contributed by atoms with E-state index < -0.39 is 5.92 Å². The fourth-order valence-corrected chi connectivity index (χ4v) is 8.50. The van der Waals surface area contributed by atoms with E-state index in [2.05, 4.69) is 61.3 Å². The number of hydrogen-bond acceptors (Lipinski definition) is 4. The molecular formula is C35H45Br2N5O3. The van der Waals surface area contributed by atoms with Crippen molar-refractivity contribution in [2.45, 2.75) is 64.0 Å². The molecule has 2 aromatic carbocycles. The van der Waals surface area contributed by atoms with Gasteiger partial charge in [0.05, 0.1) is 5.92 Å². The molecule has 3 saturated heterocycles. The fraction of sp³-hybridized carbons (Fsp3) is 0.571. The van der Waals surface area contributed by atoms with Gasteiger partial charge < -0.3 is 24.9 Å². The van der Waals surface area contributed by atoms with Gasteiger partial charge in [0.15, 0.2) is 0 Å². The molecule has 45 heavy (non-hydrogen) atoms. The minimum Gasteiger partial charge on any atom is -0.343 e. The molecular weight excluding hydrogens is 698 g/mol. The smallest absolute Gasteiger partial charge is 0.322 e. The Morgan fingerprint density at radius 2 is 1.49 bits per heavy atom. The molecule has 4 aliphatic rings. The lowest BCUT2D eigenvalue weighted by molar-refractivity contribution is -0.143. The van der Waals surface area contributed by atoms with E-state index in [-0.39, 0.29) is 30.3 Å². The van der Waals surface area contributed by atoms with Crippen LogP contribution >= 0.6 is 31.9 Å². The standard InChI is InChI=1S/C35H45Br2N5O3/c1-39-14-8-25(9-15-39)26-10-16-41(17-11-26)34(44)28(20-24-6-7-30(36)31(37)21-24)22-33(43)40-18-12-29(13-19-40)42-23-27-4-2-3-5-32(27)38-35(42)45/h2-7,21,25-26,28-29H,8-20,22-23H2,1H3,(H,38,45). The Morgan fingerprint density at radius 3 is 2.18 bits per heavy atom. The van der Waals surface area contributed by atoms with Gasteiger partial charge in [0.2, 0.25) is 11.8 Å². The highest BCUT2D eigenvalue weighted by Gasteiger charge is 2.36. The Kier molecular flexibility index (Phi) is 10.5. The van der Waals surface area contributed by atoms with Crippen molar-refractivity contribution < 1.29 is 14.4 Å². The maximum Gasteiger partial charge on any atom is 0.322 e. The second-order valence-electron chi connectivity index (χ2n) is 13.5. The average Bonchev–Trinajstić information content (AvgIpc) is 3.06. The Hall–Kier alpha value is -2.43. The van der Waals surface area contributed by atoms with E-state index in [1.165, 1.54) is 25.9 Å². The quantitative estimate of drug-likeness (QED) is 0.358. The van der Waals surface area contributed by atoms with Crippen LogP contribution in [0.5, 0.6) is 0 Å². The fourth-order valence-electron chi connectivity index (χ4n) is 7.83. The van der Waals surface area contributed by atoms with Gasteiger partial charge in [-0.2, -0.15) is 0 Å². The van der Waals surface area contributed by atoms with Crippen LogP contribution in [0.3, 0.4) is 0 Å². The third kappa shape index (κ3) is 7.76. The maximum absolute atomic E-state index is 14.1. The van der Waals surface area contributed by atoms with Gasteiger partial charge in [0.25, 0.3) is 0 Å². The third-order valence-electron chi connectivity index (χ3n) is 10.6. The highest BCUT2D eigenvalue weighted by Crippen LogP contribution is 2.34. The molecule has 0 bridgehead atoms. The second kappa shape index (κ2) is 14.6. The van der Waals surface area contributed by atoms with Crippen LogP contribution in [0.4, 0.5) is 10.5 Å². The lowest BCUT2D eigenvalue weighted by atomic mass is 9.78. The molecule has 1 unspecified atom stereocenters. The lowest BCUT2D eigenvalue weighted by Crippen LogP contribution is -2.51. The van der Waals surface area contributed by atoms with Crippen molar-refractivity contribution in [3.63, 3.8) is 0 Å². The molecule has 0 spiro atoms. The van der Waals surface area contributed by atoms with Gasteiger partial charge >= 0.3 is 6.03 Å². The van der Waals surface area contributed by atoms with Gasteiger partial charge in [0.1, 0.15) is 0 Å². The number of piperidine rings is 3. The molecule has 4 aliphatic heterocycles. The zero-order valence-corrected chi connectivity index (χ0v) is 29.4. The van der Waals surface area contributed by atoms with Crippen molar-refractivity contribution in [2.24, 2.45) is 17.8 Å². The van der Waals surface area contributed by atoms with E-state index >= 15 is 0 Å². The van der Waals surface area contributed by atoms with Crippen LogP contribution < -0.4 is 5.32 Å². The zero-order valence-electron chi connectivity index (χ0n) is 26.2. The van der Waals surface area contributed by atoms with Crippen molar-refractivity contribution in [3.05, 3.63) is 62.5 Å². The van der Waals surface area contributed by atoms with Crippen LogP contribution in [-0.2, 0) is 22.6 Å². The van der Waals surface area contributed by atoms with Crippen LogP contribution in [0.1, 0.15) is 56.1 Å². The summed E-state index contributed by atoms with van der Waals surface area (Å²) in [7, 11) is 2.21. The first-order valence-electron chi connectivity index (χ1n) is 16.6. The monoisotopic (exact) mass is 741 g/mol. The lowest BCUT2D eigenvalue weighted by Gasteiger charge is -2.41. The molecule has 2 aromatic rings. The van der Waals surface area contributed by atoms with E-state index in [0.29, 0.717) is 32.0 Å². The van der Waals surface area contributed by atoms with E-state index in [4.69, 9.17) is 0 Å². The first-order valence-corrected chi connectivity index (χ1v) is 18.2. The van der Waals surface area contributed by atoms with Gasteiger partial charge in [-0.05, 0) is 138 Å². The number of anilines is 1. The molecule has 1 atom stereocenters. The minimum atomic E-state index is -0.396. The number of fused-ring (bicyclic) bond motifs is 1. The molecule has 4 heterocycles. The predicted molar refractivity (Wildman–Crippen MR) is 184 cm³/mol. The molecule has 0 saturated carbocycles. The summed E-state index contributed by atoms with van der Waals surface area (Å²) in [6.07, 6.45) is 6.88. The van der Waals surface area contributed by atoms with Crippen LogP contribution in [0.2, 0.25) is 0 Å². The number of carbonyl (C=O) groups excluding carboxylic acids is 3. The van der Waals surface area contributed by atoms with Crippen LogP contribution in [0.15, 0.2) is 51.4 Å². The van der Waals surface area contributed by atoms with Crippen LogP contribution in [0.25, 0.3) is 0 Å². The largest absolute Gasteiger partial charge is 0.343 e. The molecule has 0 aromatic heterocycles. The molecule has 8 nitrogen and oxygen atoms in total. The van der Waals surface area contributed by atoms with Crippen LogP contribution in [-0.4, -0.2) is 89.8 Å². The predicted octanol–water partition coefficient (Wildman–Crippen LogP) is 6.38. The Morgan fingerprint density at radius 1 is 0.844 bits per heavy atom. The first kappa shape index (κ1) is 32.5. The number of rotatable bonds is 7. The number of nitrogens with zero attached hydrogens (tertiary/aromatic N) is 4. The first-order chi connectivity index (χ1) is 21.7. The normalized spacial score (nSPS) is 21.4. The van der Waals surface area contributed by atoms with Crippen molar-refractivity contribution in [2.75, 3.05) is 51.6 Å². The zero-order chi connectivity index (χ0) is 31.5. The number of benzene rings is 2. The number of likely N-dealkylation sites (tertiary alicyclic amines) is 3. The second-order valence-corrected chi connectivity index (χ2v) is 15.2. The van der Waals surface area contributed by atoms with E-state index in [0.717, 1.165) is 70.5 Å². The topological polar surface area (TPSA) is 76.2 Å². The highest BCUT2D eigenvalue weighted by molar-refractivity contribution is 9.13. The summed E-state index contributed by atoms with van der Waals surface area (Å²) in [5, 5.41) is 3.02.